The quantitative estimate of drug-likeness (QED) is 0.910. The van der Waals surface area contributed by atoms with Crippen molar-refractivity contribution in [2.45, 2.75) is 25.2 Å². The number of primary amides is 1. The fourth-order valence-electron chi connectivity index (χ4n) is 3.20. The molecule has 2 heterocycles. The van der Waals surface area contributed by atoms with E-state index in [4.69, 9.17) is 10.5 Å². The Balaban J connectivity index is 1.74. The summed E-state index contributed by atoms with van der Waals surface area (Å²) in [6.45, 7) is 1.76. The second-order valence-electron chi connectivity index (χ2n) is 5.81. The number of carbonyl (C=O) groups is 2. The lowest BCUT2D eigenvalue weighted by atomic mass is 9.90. The van der Waals surface area contributed by atoms with Crippen LogP contribution in [0.1, 0.15) is 30.7 Å². The Morgan fingerprint density at radius 3 is 2.95 bits per heavy atom. The Labute approximate surface area is 124 Å². The highest BCUT2D eigenvalue weighted by Crippen LogP contribution is 2.34. The Kier molecular flexibility index (Phi) is 3.82. The molecule has 1 aromatic rings. The largest absolute Gasteiger partial charge is 0.493 e. The standard InChI is InChI=1S/C16H20N2O3/c17-16(20)12-5-6-15(19)18(10-12)9-11-7-8-21-14-4-2-1-3-13(11)14/h1-4,11-12H,5-10H2,(H2,17,20)/t11-,12+/m1/s1. The highest BCUT2D eigenvalue weighted by Gasteiger charge is 2.32. The molecule has 0 aliphatic carbocycles. The first-order chi connectivity index (χ1) is 10.1. The summed E-state index contributed by atoms with van der Waals surface area (Å²) < 4.78 is 5.65. The van der Waals surface area contributed by atoms with Gasteiger partial charge in [-0.05, 0) is 24.5 Å². The molecule has 0 saturated carbocycles. The SMILES string of the molecule is NC(=O)[C@H]1CCC(=O)N(C[C@H]2CCOc3ccccc32)C1. The number of nitrogens with two attached hydrogens (primary N) is 1. The molecule has 2 aliphatic heterocycles. The molecule has 2 atom stereocenters. The summed E-state index contributed by atoms with van der Waals surface area (Å²) in [5.41, 5.74) is 6.54. The fourth-order valence-corrected chi connectivity index (χ4v) is 3.20. The van der Waals surface area contributed by atoms with Gasteiger partial charge in [-0.25, -0.2) is 0 Å². The number of amides is 2. The molecule has 0 radical (unpaired) electrons. The van der Waals surface area contributed by atoms with Crippen LogP contribution in [0.5, 0.6) is 5.75 Å². The molecule has 3 rings (SSSR count). The smallest absolute Gasteiger partial charge is 0.222 e. The van der Waals surface area contributed by atoms with Crippen molar-refractivity contribution in [1.82, 2.24) is 4.90 Å². The lowest BCUT2D eigenvalue weighted by molar-refractivity contribution is -0.137. The van der Waals surface area contributed by atoms with E-state index >= 15 is 0 Å². The molecule has 5 heteroatoms. The minimum absolute atomic E-state index is 0.122. The Hall–Kier alpha value is -2.04. The summed E-state index contributed by atoms with van der Waals surface area (Å²) in [5.74, 6) is 0.782. The van der Waals surface area contributed by atoms with Crippen LogP contribution in [0.25, 0.3) is 0 Å². The van der Waals surface area contributed by atoms with Gasteiger partial charge in [0.1, 0.15) is 5.75 Å². The predicted octanol–water partition coefficient (Wildman–Crippen LogP) is 1.28. The van der Waals surface area contributed by atoms with E-state index in [1.54, 1.807) is 4.90 Å². The zero-order valence-corrected chi connectivity index (χ0v) is 12.0. The number of hydrogen-bond acceptors (Lipinski definition) is 3. The van der Waals surface area contributed by atoms with Crippen LogP contribution in [0, 0.1) is 5.92 Å². The van der Waals surface area contributed by atoms with Gasteiger partial charge in [-0.1, -0.05) is 18.2 Å². The van der Waals surface area contributed by atoms with Crippen LogP contribution in [0.4, 0.5) is 0 Å². The van der Waals surface area contributed by atoms with Gasteiger partial charge in [0.15, 0.2) is 0 Å². The number of hydrogen-bond donors (Lipinski definition) is 1. The van der Waals surface area contributed by atoms with E-state index in [1.807, 2.05) is 18.2 Å². The number of benzene rings is 1. The maximum absolute atomic E-state index is 12.1. The molecule has 5 nitrogen and oxygen atoms in total. The molecule has 21 heavy (non-hydrogen) atoms. The monoisotopic (exact) mass is 288 g/mol. The zero-order chi connectivity index (χ0) is 14.8. The van der Waals surface area contributed by atoms with Crippen molar-refractivity contribution in [3.63, 3.8) is 0 Å². The van der Waals surface area contributed by atoms with Crippen molar-refractivity contribution in [3.8, 4) is 5.75 Å². The first-order valence-corrected chi connectivity index (χ1v) is 7.44. The van der Waals surface area contributed by atoms with Crippen LogP contribution >= 0.6 is 0 Å². The number of ether oxygens (including phenoxy) is 1. The van der Waals surface area contributed by atoms with E-state index in [1.165, 1.54) is 0 Å². The first kappa shape index (κ1) is 13.9. The van der Waals surface area contributed by atoms with Crippen molar-refractivity contribution >= 4 is 11.8 Å². The van der Waals surface area contributed by atoms with Gasteiger partial charge in [0.05, 0.1) is 12.5 Å². The second kappa shape index (κ2) is 5.76. The molecule has 112 valence electrons. The molecule has 0 unspecified atom stereocenters. The average Bonchev–Trinajstić information content (AvgIpc) is 2.49. The number of rotatable bonds is 3. The first-order valence-electron chi connectivity index (χ1n) is 7.44. The lowest BCUT2D eigenvalue weighted by Gasteiger charge is -2.35. The third-order valence-electron chi connectivity index (χ3n) is 4.43. The molecule has 0 bridgehead atoms. The molecule has 2 amide bonds. The third-order valence-corrected chi connectivity index (χ3v) is 4.43. The molecular formula is C16H20N2O3. The van der Waals surface area contributed by atoms with Gasteiger partial charge < -0.3 is 15.4 Å². The van der Waals surface area contributed by atoms with Crippen LogP contribution in [0.2, 0.25) is 0 Å². The summed E-state index contributed by atoms with van der Waals surface area (Å²) in [5, 5.41) is 0. The van der Waals surface area contributed by atoms with Crippen molar-refractivity contribution in [2.24, 2.45) is 11.7 Å². The van der Waals surface area contributed by atoms with E-state index in [-0.39, 0.29) is 23.7 Å². The van der Waals surface area contributed by atoms with Gasteiger partial charge in [-0.15, -0.1) is 0 Å². The Morgan fingerprint density at radius 2 is 2.14 bits per heavy atom. The molecule has 2 N–H and O–H groups in total. The second-order valence-corrected chi connectivity index (χ2v) is 5.81. The molecule has 1 saturated heterocycles. The van der Waals surface area contributed by atoms with Crippen molar-refractivity contribution < 1.29 is 14.3 Å². The van der Waals surface area contributed by atoms with E-state index in [2.05, 4.69) is 6.07 Å². The molecule has 1 aromatic carbocycles. The lowest BCUT2D eigenvalue weighted by Crippen LogP contribution is -2.46. The van der Waals surface area contributed by atoms with Crippen molar-refractivity contribution in [2.75, 3.05) is 19.7 Å². The number of para-hydroxylation sites is 1. The number of nitrogens with zero attached hydrogens (tertiary/aromatic N) is 1. The molecule has 2 aliphatic rings. The molecule has 0 spiro atoms. The maximum atomic E-state index is 12.1. The Morgan fingerprint density at radius 1 is 1.33 bits per heavy atom. The summed E-state index contributed by atoms with van der Waals surface area (Å²) in [6.07, 6.45) is 1.88. The van der Waals surface area contributed by atoms with Gasteiger partial charge >= 0.3 is 0 Å². The number of carbonyl (C=O) groups excluding carboxylic acids is 2. The minimum Gasteiger partial charge on any atom is -0.493 e. The van der Waals surface area contributed by atoms with Crippen LogP contribution < -0.4 is 10.5 Å². The van der Waals surface area contributed by atoms with E-state index in [0.717, 1.165) is 17.7 Å². The fraction of sp³-hybridized carbons (Fsp3) is 0.500. The van der Waals surface area contributed by atoms with Gasteiger partial charge in [-0.3, -0.25) is 9.59 Å². The van der Waals surface area contributed by atoms with E-state index in [9.17, 15) is 9.59 Å². The zero-order valence-electron chi connectivity index (χ0n) is 12.0. The molecule has 1 fully saturated rings. The predicted molar refractivity (Wildman–Crippen MR) is 77.8 cm³/mol. The summed E-state index contributed by atoms with van der Waals surface area (Å²) in [7, 11) is 0. The number of fused-ring (bicyclic) bond motifs is 1. The Bertz CT molecular complexity index is 558. The van der Waals surface area contributed by atoms with Crippen molar-refractivity contribution in [3.05, 3.63) is 29.8 Å². The van der Waals surface area contributed by atoms with Gasteiger partial charge in [0.25, 0.3) is 0 Å². The molecule has 0 aromatic heterocycles. The minimum atomic E-state index is -0.306. The highest BCUT2D eigenvalue weighted by atomic mass is 16.5. The third kappa shape index (κ3) is 2.86. The van der Waals surface area contributed by atoms with Crippen LogP contribution in [-0.4, -0.2) is 36.4 Å². The summed E-state index contributed by atoms with van der Waals surface area (Å²) in [6, 6.07) is 7.96. The van der Waals surface area contributed by atoms with Gasteiger partial charge in [0, 0.05) is 25.4 Å². The number of likely N-dealkylation sites (tertiary alicyclic amines) is 1. The highest BCUT2D eigenvalue weighted by molar-refractivity contribution is 5.82. The van der Waals surface area contributed by atoms with Gasteiger partial charge in [0.2, 0.25) is 11.8 Å². The summed E-state index contributed by atoms with van der Waals surface area (Å²) in [4.78, 5) is 25.2. The maximum Gasteiger partial charge on any atom is 0.222 e. The molecular weight excluding hydrogens is 268 g/mol. The van der Waals surface area contributed by atoms with E-state index in [0.29, 0.717) is 32.5 Å². The van der Waals surface area contributed by atoms with Gasteiger partial charge in [-0.2, -0.15) is 0 Å². The van der Waals surface area contributed by atoms with Crippen molar-refractivity contribution in [1.29, 1.82) is 0 Å². The topological polar surface area (TPSA) is 72.6 Å². The number of piperidine rings is 1. The summed E-state index contributed by atoms with van der Waals surface area (Å²) >= 11 is 0. The normalized spacial score (nSPS) is 25.1. The van der Waals surface area contributed by atoms with Crippen LogP contribution in [0.3, 0.4) is 0 Å². The van der Waals surface area contributed by atoms with Crippen LogP contribution in [0.15, 0.2) is 24.3 Å². The average molecular weight is 288 g/mol. The van der Waals surface area contributed by atoms with E-state index < -0.39 is 0 Å². The van der Waals surface area contributed by atoms with Crippen LogP contribution in [-0.2, 0) is 9.59 Å².